The average Bonchev–Trinajstić information content (AvgIpc) is 2.67. The minimum absolute atomic E-state index is 0.101. The number of alkyl halides is 3. The van der Waals surface area contributed by atoms with Gasteiger partial charge in [-0.05, 0) is 43.9 Å². The lowest BCUT2D eigenvalue weighted by atomic mass is 10.1. The number of nitrogens with one attached hydrogen (secondary N) is 1. The van der Waals surface area contributed by atoms with Gasteiger partial charge in [0.05, 0.1) is 23.0 Å². The number of nitro benzene ring substituents is 1. The molecule has 12 heteroatoms. The summed E-state index contributed by atoms with van der Waals surface area (Å²) in [5.74, 6) is 0.618. The molecule has 0 heterocycles. The molecule has 0 saturated carbocycles. The van der Waals surface area contributed by atoms with Crippen molar-refractivity contribution in [1.82, 2.24) is 4.90 Å². The van der Waals surface area contributed by atoms with Gasteiger partial charge in [-0.3, -0.25) is 10.1 Å². The van der Waals surface area contributed by atoms with Crippen LogP contribution in [-0.4, -0.2) is 51.5 Å². The summed E-state index contributed by atoms with van der Waals surface area (Å²) in [4.78, 5) is 11.1. The molecule has 0 aliphatic rings. The van der Waals surface area contributed by atoms with E-state index < -0.39 is 30.9 Å². The zero-order chi connectivity index (χ0) is 22.7. The average molecular weight is 447 g/mol. The lowest BCUT2D eigenvalue weighted by Crippen LogP contribution is -2.27. The number of hydrogen-bond acceptors (Lipinski definition) is 7. The molecular weight excluding hydrogens is 427 g/mol. The second kappa shape index (κ2) is 8.88. The molecule has 1 atom stereocenters. The van der Waals surface area contributed by atoms with Crippen LogP contribution in [0.15, 0.2) is 47.4 Å². The largest absolute Gasteiger partial charge is 0.501 e. The number of anilines is 1. The molecule has 2 aromatic rings. The number of nitro groups is 1. The van der Waals surface area contributed by atoms with E-state index in [1.54, 1.807) is 32.3 Å². The van der Waals surface area contributed by atoms with E-state index in [9.17, 15) is 31.7 Å². The van der Waals surface area contributed by atoms with Crippen molar-refractivity contribution >= 4 is 21.2 Å². The number of halogens is 3. The first-order valence-electron chi connectivity index (χ1n) is 8.52. The van der Waals surface area contributed by atoms with Crippen LogP contribution in [0.4, 0.5) is 24.5 Å². The van der Waals surface area contributed by atoms with Gasteiger partial charge in [-0.25, -0.2) is 8.42 Å². The Bertz CT molecular complexity index is 1030. The summed E-state index contributed by atoms with van der Waals surface area (Å²) in [5.41, 5.74) is -5.59. The van der Waals surface area contributed by atoms with Crippen LogP contribution in [-0.2, 0) is 9.84 Å². The van der Waals surface area contributed by atoms with Crippen molar-refractivity contribution in [2.24, 2.45) is 0 Å². The van der Waals surface area contributed by atoms with Gasteiger partial charge in [0, 0.05) is 12.6 Å². The van der Waals surface area contributed by atoms with Crippen LogP contribution in [0.3, 0.4) is 0 Å². The van der Waals surface area contributed by atoms with Crippen molar-refractivity contribution in [2.45, 2.75) is 16.4 Å². The number of likely N-dealkylation sites (N-methyl/N-ethyl adjacent to an activating group) is 1. The zero-order valence-corrected chi connectivity index (χ0v) is 17.1. The highest BCUT2D eigenvalue weighted by Gasteiger charge is 2.47. The summed E-state index contributed by atoms with van der Waals surface area (Å²) >= 11 is 0. The third-order valence-electron chi connectivity index (χ3n) is 4.37. The number of nitrogens with zero attached hydrogens (tertiary/aromatic N) is 2. The smallest absolute Gasteiger partial charge is 0.497 e. The van der Waals surface area contributed by atoms with Crippen molar-refractivity contribution in [3.63, 3.8) is 0 Å². The highest BCUT2D eigenvalue weighted by atomic mass is 32.2. The van der Waals surface area contributed by atoms with E-state index in [2.05, 4.69) is 5.32 Å². The van der Waals surface area contributed by atoms with E-state index in [0.29, 0.717) is 17.9 Å². The summed E-state index contributed by atoms with van der Waals surface area (Å²) in [6.07, 6.45) is 0. The van der Waals surface area contributed by atoms with Crippen molar-refractivity contribution in [3.05, 3.63) is 58.1 Å². The molecule has 1 N–H and O–H groups in total. The van der Waals surface area contributed by atoms with Crippen LogP contribution in [0.2, 0.25) is 0 Å². The standard InChI is InChI=1S/C18H20F3N3O5S/c1-23(2)17(12-5-4-6-13(9-12)29-3)11-22-15-8-7-14(10-16(15)24(25)26)30(27,28)18(19,20)21/h4-10,17,22H,11H2,1-3H3/t17-/m1/s1. The second-order valence-electron chi connectivity index (χ2n) is 6.52. The van der Waals surface area contributed by atoms with Gasteiger partial charge in [0.15, 0.2) is 0 Å². The Morgan fingerprint density at radius 3 is 2.40 bits per heavy atom. The number of methoxy groups -OCH3 is 1. The van der Waals surface area contributed by atoms with Gasteiger partial charge in [-0.15, -0.1) is 0 Å². The predicted octanol–water partition coefficient (Wildman–Crippen LogP) is 3.61. The lowest BCUT2D eigenvalue weighted by Gasteiger charge is -2.26. The number of rotatable bonds is 8. The first kappa shape index (κ1) is 23.4. The molecule has 164 valence electrons. The third-order valence-corrected chi connectivity index (χ3v) is 5.85. The first-order chi connectivity index (χ1) is 13.9. The van der Waals surface area contributed by atoms with Crippen molar-refractivity contribution in [2.75, 3.05) is 33.1 Å². The summed E-state index contributed by atoms with van der Waals surface area (Å²) in [6, 6.07) is 8.95. The van der Waals surface area contributed by atoms with Crippen LogP contribution in [0.5, 0.6) is 5.75 Å². The van der Waals surface area contributed by atoms with Crippen LogP contribution in [0.1, 0.15) is 11.6 Å². The van der Waals surface area contributed by atoms with E-state index in [1.165, 1.54) is 7.11 Å². The van der Waals surface area contributed by atoms with Crippen LogP contribution >= 0.6 is 0 Å². The maximum absolute atomic E-state index is 12.8. The van der Waals surface area contributed by atoms with Gasteiger partial charge < -0.3 is 15.0 Å². The Kier molecular flexibility index (Phi) is 6.93. The summed E-state index contributed by atoms with van der Waals surface area (Å²) in [5, 5.41) is 14.2. The zero-order valence-electron chi connectivity index (χ0n) is 16.3. The van der Waals surface area contributed by atoms with Gasteiger partial charge in [0.1, 0.15) is 11.4 Å². The molecule has 2 rings (SSSR count). The summed E-state index contributed by atoms with van der Waals surface area (Å²) in [7, 11) is -0.601. The first-order valence-corrected chi connectivity index (χ1v) is 10.0. The van der Waals surface area contributed by atoms with Crippen LogP contribution in [0.25, 0.3) is 0 Å². The Morgan fingerprint density at radius 1 is 1.20 bits per heavy atom. The van der Waals surface area contributed by atoms with Crippen LogP contribution in [0, 0.1) is 10.1 Å². The maximum atomic E-state index is 12.8. The van der Waals surface area contributed by atoms with Crippen LogP contribution < -0.4 is 10.1 Å². The van der Waals surface area contributed by atoms with Gasteiger partial charge in [-0.1, -0.05) is 12.1 Å². The molecule has 2 aromatic carbocycles. The molecular formula is C18H20F3N3O5S. The van der Waals surface area contributed by atoms with Crippen molar-refractivity contribution in [1.29, 1.82) is 0 Å². The van der Waals surface area contributed by atoms with Gasteiger partial charge in [0.25, 0.3) is 15.5 Å². The van der Waals surface area contributed by atoms with Gasteiger partial charge in [0.2, 0.25) is 0 Å². The Morgan fingerprint density at radius 2 is 1.87 bits per heavy atom. The Hall–Kier alpha value is -2.86. The normalized spacial score (nSPS) is 13.2. The number of ether oxygens (including phenoxy) is 1. The molecule has 0 saturated heterocycles. The molecule has 0 bridgehead atoms. The molecule has 0 radical (unpaired) electrons. The monoisotopic (exact) mass is 447 g/mol. The topological polar surface area (TPSA) is 102 Å². The van der Waals surface area contributed by atoms with Crippen molar-refractivity contribution in [3.8, 4) is 5.75 Å². The predicted molar refractivity (Wildman–Crippen MR) is 104 cm³/mol. The van der Waals surface area contributed by atoms with E-state index in [0.717, 1.165) is 11.6 Å². The van der Waals surface area contributed by atoms with E-state index >= 15 is 0 Å². The number of sulfone groups is 1. The summed E-state index contributed by atoms with van der Waals surface area (Å²) < 4.78 is 66.6. The third kappa shape index (κ3) is 5.00. The molecule has 0 fully saturated rings. The Labute approximate surface area is 171 Å². The molecule has 0 aromatic heterocycles. The maximum Gasteiger partial charge on any atom is 0.501 e. The second-order valence-corrected chi connectivity index (χ2v) is 8.46. The summed E-state index contributed by atoms with van der Waals surface area (Å²) in [6.45, 7) is 0.159. The Balaban J connectivity index is 2.36. The van der Waals surface area contributed by atoms with E-state index in [4.69, 9.17) is 4.74 Å². The fraction of sp³-hybridized carbons (Fsp3) is 0.333. The fourth-order valence-corrected chi connectivity index (χ4v) is 3.55. The minimum atomic E-state index is -5.70. The van der Waals surface area contributed by atoms with Crippen molar-refractivity contribution < 1.29 is 31.2 Å². The molecule has 0 unspecified atom stereocenters. The lowest BCUT2D eigenvalue weighted by molar-refractivity contribution is -0.384. The van der Waals surface area contributed by atoms with E-state index in [-0.39, 0.29) is 18.3 Å². The minimum Gasteiger partial charge on any atom is -0.497 e. The van der Waals surface area contributed by atoms with E-state index in [1.807, 2.05) is 11.0 Å². The molecule has 30 heavy (non-hydrogen) atoms. The quantitative estimate of drug-likeness (QED) is 0.487. The van der Waals surface area contributed by atoms with Gasteiger partial charge >= 0.3 is 5.51 Å². The molecule has 0 spiro atoms. The molecule has 0 aliphatic heterocycles. The number of benzene rings is 2. The fourth-order valence-electron chi connectivity index (χ4n) is 2.77. The highest BCUT2D eigenvalue weighted by molar-refractivity contribution is 7.92. The SMILES string of the molecule is COc1cccc([C@@H](CNc2ccc(S(=O)(=O)C(F)(F)F)cc2[N+](=O)[O-])N(C)C)c1. The van der Waals surface area contributed by atoms with Gasteiger partial charge in [-0.2, -0.15) is 13.2 Å². The molecule has 0 aliphatic carbocycles. The molecule has 0 amide bonds. The highest BCUT2D eigenvalue weighted by Crippen LogP contribution is 2.35. The molecule has 8 nitrogen and oxygen atoms in total. The number of hydrogen-bond donors (Lipinski definition) is 1.